The van der Waals surface area contributed by atoms with E-state index in [2.05, 4.69) is 162 Å². The zero-order valence-corrected chi connectivity index (χ0v) is 24.5. The predicted octanol–water partition coefficient (Wildman–Crippen LogP) is 10.1. The SMILES string of the molecule is CC(C)(C)c1ccc(C2Oc3ccc4ccccc4c3C(c3ccc(C(C)(C)C)cc3)N2c2ccccc2)cc1. The zero-order valence-electron chi connectivity index (χ0n) is 24.5. The van der Waals surface area contributed by atoms with Crippen LogP contribution in [0.15, 0.2) is 115 Å². The van der Waals surface area contributed by atoms with Gasteiger partial charge in [0.05, 0.1) is 6.04 Å². The van der Waals surface area contributed by atoms with Gasteiger partial charge >= 0.3 is 0 Å². The fourth-order valence-corrected chi connectivity index (χ4v) is 5.87. The molecule has 0 aromatic heterocycles. The highest BCUT2D eigenvalue weighted by Crippen LogP contribution is 2.50. The van der Waals surface area contributed by atoms with Gasteiger partial charge in [-0.15, -0.1) is 0 Å². The first-order chi connectivity index (χ1) is 19.1. The van der Waals surface area contributed by atoms with Gasteiger partial charge in [-0.1, -0.05) is 139 Å². The van der Waals surface area contributed by atoms with E-state index in [1.54, 1.807) is 0 Å². The summed E-state index contributed by atoms with van der Waals surface area (Å²) in [5, 5.41) is 2.45. The van der Waals surface area contributed by atoms with Crippen molar-refractivity contribution in [1.82, 2.24) is 0 Å². The van der Waals surface area contributed by atoms with Gasteiger partial charge in [0, 0.05) is 16.8 Å². The molecule has 1 heterocycles. The maximum Gasteiger partial charge on any atom is 0.199 e. The largest absolute Gasteiger partial charge is 0.466 e. The Labute approximate surface area is 239 Å². The van der Waals surface area contributed by atoms with Crippen LogP contribution in [0.1, 0.15) is 81.6 Å². The number of benzene rings is 5. The summed E-state index contributed by atoms with van der Waals surface area (Å²) in [4.78, 5) is 2.47. The van der Waals surface area contributed by atoms with E-state index in [9.17, 15) is 0 Å². The van der Waals surface area contributed by atoms with Crippen molar-refractivity contribution < 1.29 is 4.74 Å². The number of hydrogen-bond acceptors (Lipinski definition) is 2. The molecular weight excluding hydrogens is 486 g/mol. The Morgan fingerprint density at radius 1 is 0.550 bits per heavy atom. The third kappa shape index (κ3) is 4.77. The van der Waals surface area contributed by atoms with Crippen molar-refractivity contribution in [3.05, 3.63) is 143 Å². The van der Waals surface area contributed by atoms with E-state index in [0.717, 1.165) is 17.0 Å². The smallest absolute Gasteiger partial charge is 0.199 e. The Bertz CT molecular complexity index is 1620. The van der Waals surface area contributed by atoms with Crippen molar-refractivity contribution in [1.29, 1.82) is 0 Å². The number of anilines is 1. The van der Waals surface area contributed by atoms with Crippen LogP contribution in [0.5, 0.6) is 5.75 Å². The van der Waals surface area contributed by atoms with E-state index in [1.165, 1.54) is 33.0 Å². The lowest BCUT2D eigenvalue weighted by molar-refractivity contribution is 0.170. The predicted molar refractivity (Wildman–Crippen MR) is 168 cm³/mol. The standard InChI is InChI=1S/C38H39NO/c1-37(2,3)29-21-16-27(17-22-29)35-34-32-15-11-10-12-26(32)20-25-33(34)40-36(39(35)31-13-8-7-9-14-31)28-18-23-30(24-19-28)38(4,5)6/h7-25,35-36H,1-6H3. The summed E-state index contributed by atoms with van der Waals surface area (Å²) in [6.07, 6.45) is -0.280. The summed E-state index contributed by atoms with van der Waals surface area (Å²) < 4.78 is 6.97. The number of para-hydroxylation sites is 1. The molecule has 0 radical (unpaired) electrons. The van der Waals surface area contributed by atoms with Gasteiger partial charge in [-0.25, -0.2) is 0 Å². The molecule has 40 heavy (non-hydrogen) atoms. The highest BCUT2D eigenvalue weighted by atomic mass is 16.5. The van der Waals surface area contributed by atoms with Crippen LogP contribution in [0.3, 0.4) is 0 Å². The van der Waals surface area contributed by atoms with Crippen molar-refractivity contribution in [2.45, 2.75) is 64.6 Å². The molecule has 2 heteroatoms. The average molecular weight is 526 g/mol. The Kier molecular flexibility index (Phi) is 6.45. The van der Waals surface area contributed by atoms with Gasteiger partial charge in [-0.3, -0.25) is 0 Å². The number of nitrogens with zero attached hydrogens (tertiary/aromatic N) is 1. The second-order valence-corrected chi connectivity index (χ2v) is 13.1. The molecule has 202 valence electrons. The first kappa shape index (κ1) is 26.2. The summed E-state index contributed by atoms with van der Waals surface area (Å²) in [7, 11) is 0. The summed E-state index contributed by atoms with van der Waals surface area (Å²) in [5.74, 6) is 0.945. The molecule has 2 unspecified atom stereocenters. The average Bonchev–Trinajstić information content (AvgIpc) is 2.95. The molecule has 2 atom stereocenters. The van der Waals surface area contributed by atoms with E-state index in [0.29, 0.717) is 0 Å². The highest BCUT2D eigenvalue weighted by Gasteiger charge is 2.39. The Balaban J connectivity index is 1.60. The lowest BCUT2D eigenvalue weighted by Gasteiger charge is -2.45. The quantitative estimate of drug-likeness (QED) is 0.232. The molecule has 0 amide bonds. The third-order valence-electron chi connectivity index (χ3n) is 8.18. The molecule has 0 bridgehead atoms. The van der Waals surface area contributed by atoms with Gasteiger partial charge in [0.2, 0.25) is 0 Å². The fourth-order valence-electron chi connectivity index (χ4n) is 5.87. The molecule has 5 aromatic carbocycles. The van der Waals surface area contributed by atoms with Crippen LogP contribution in [0.2, 0.25) is 0 Å². The lowest BCUT2D eigenvalue weighted by atomic mass is 9.84. The van der Waals surface area contributed by atoms with Crippen LogP contribution >= 0.6 is 0 Å². The number of hydrogen-bond donors (Lipinski definition) is 0. The maximum absolute atomic E-state index is 6.97. The van der Waals surface area contributed by atoms with Gasteiger partial charge in [0.15, 0.2) is 6.23 Å². The minimum absolute atomic E-state index is 0.0291. The Hall–Kier alpha value is -4.04. The molecule has 1 aliphatic rings. The molecule has 5 aromatic rings. The van der Waals surface area contributed by atoms with Crippen LogP contribution in [-0.4, -0.2) is 0 Å². The normalized spacial score (nSPS) is 17.4. The highest BCUT2D eigenvalue weighted by molar-refractivity contribution is 5.89. The Morgan fingerprint density at radius 2 is 1.10 bits per heavy atom. The molecule has 2 nitrogen and oxygen atoms in total. The fraction of sp³-hybridized carbons (Fsp3) is 0.263. The van der Waals surface area contributed by atoms with Gasteiger partial charge < -0.3 is 9.64 Å². The van der Waals surface area contributed by atoms with Crippen LogP contribution in [0, 0.1) is 0 Å². The van der Waals surface area contributed by atoms with Crippen molar-refractivity contribution in [3.63, 3.8) is 0 Å². The van der Waals surface area contributed by atoms with E-state index in [-0.39, 0.29) is 23.1 Å². The van der Waals surface area contributed by atoms with Crippen molar-refractivity contribution >= 4 is 16.5 Å². The van der Waals surface area contributed by atoms with Crippen LogP contribution in [0.25, 0.3) is 10.8 Å². The molecule has 6 rings (SSSR count). The lowest BCUT2D eigenvalue weighted by Crippen LogP contribution is -2.40. The summed E-state index contributed by atoms with van der Waals surface area (Å²) in [6, 6.07) is 41.9. The minimum Gasteiger partial charge on any atom is -0.466 e. The molecule has 0 saturated carbocycles. The minimum atomic E-state index is -0.280. The van der Waals surface area contributed by atoms with E-state index in [1.807, 2.05) is 0 Å². The molecular formula is C38H39NO. The molecule has 0 aliphatic carbocycles. The van der Waals surface area contributed by atoms with Crippen molar-refractivity contribution in [3.8, 4) is 5.75 Å². The number of fused-ring (bicyclic) bond motifs is 3. The van der Waals surface area contributed by atoms with Crippen LogP contribution in [-0.2, 0) is 10.8 Å². The topological polar surface area (TPSA) is 12.5 Å². The second kappa shape index (κ2) is 9.86. The third-order valence-corrected chi connectivity index (χ3v) is 8.18. The van der Waals surface area contributed by atoms with Crippen molar-refractivity contribution in [2.75, 3.05) is 4.90 Å². The zero-order chi connectivity index (χ0) is 28.1. The summed E-state index contributed by atoms with van der Waals surface area (Å²) in [5.41, 5.74) is 7.59. The monoisotopic (exact) mass is 525 g/mol. The van der Waals surface area contributed by atoms with Gasteiger partial charge in [0.25, 0.3) is 0 Å². The summed E-state index contributed by atoms with van der Waals surface area (Å²) in [6.45, 7) is 13.6. The molecule has 0 fully saturated rings. The van der Waals surface area contributed by atoms with Crippen LogP contribution < -0.4 is 9.64 Å². The Morgan fingerprint density at radius 3 is 1.70 bits per heavy atom. The molecule has 0 spiro atoms. The number of rotatable bonds is 3. The maximum atomic E-state index is 6.97. The van der Waals surface area contributed by atoms with E-state index < -0.39 is 0 Å². The summed E-state index contributed by atoms with van der Waals surface area (Å²) >= 11 is 0. The van der Waals surface area contributed by atoms with Crippen molar-refractivity contribution in [2.24, 2.45) is 0 Å². The molecule has 0 N–H and O–H groups in total. The van der Waals surface area contributed by atoms with E-state index in [4.69, 9.17) is 4.74 Å². The first-order valence-corrected chi connectivity index (χ1v) is 14.3. The first-order valence-electron chi connectivity index (χ1n) is 14.3. The van der Waals surface area contributed by atoms with Gasteiger partial charge in [-0.2, -0.15) is 0 Å². The number of ether oxygens (including phenoxy) is 1. The molecule has 1 aliphatic heterocycles. The second-order valence-electron chi connectivity index (χ2n) is 13.1. The molecule has 0 saturated heterocycles. The van der Waals surface area contributed by atoms with Gasteiger partial charge in [-0.05, 0) is 56.5 Å². The van der Waals surface area contributed by atoms with Crippen LogP contribution in [0.4, 0.5) is 5.69 Å². The van der Waals surface area contributed by atoms with E-state index >= 15 is 0 Å². The van der Waals surface area contributed by atoms with Gasteiger partial charge in [0.1, 0.15) is 5.75 Å².